The van der Waals surface area contributed by atoms with E-state index in [0.29, 0.717) is 12.0 Å². The van der Waals surface area contributed by atoms with Gasteiger partial charge in [-0.05, 0) is 45.4 Å². The van der Waals surface area contributed by atoms with Gasteiger partial charge >= 0.3 is 5.97 Å². The van der Waals surface area contributed by atoms with Crippen molar-refractivity contribution in [2.24, 2.45) is 11.3 Å². The Morgan fingerprint density at radius 1 is 1.20 bits per heavy atom. The van der Waals surface area contributed by atoms with Gasteiger partial charge in [0.15, 0.2) is 0 Å². The Morgan fingerprint density at radius 2 is 1.75 bits per heavy atom. The third kappa shape index (κ3) is 3.53. The van der Waals surface area contributed by atoms with E-state index in [2.05, 4.69) is 30.6 Å². The van der Waals surface area contributed by atoms with Gasteiger partial charge in [-0.1, -0.05) is 6.92 Å². The number of carboxylic acid groups (broad SMARTS) is 1. The van der Waals surface area contributed by atoms with E-state index in [1.807, 2.05) is 0 Å². The van der Waals surface area contributed by atoms with Crippen molar-refractivity contribution in [3.05, 3.63) is 0 Å². The molecule has 20 heavy (non-hydrogen) atoms. The molecule has 0 atom stereocenters. The summed E-state index contributed by atoms with van der Waals surface area (Å²) in [6.07, 6.45) is 3.85. The van der Waals surface area contributed by atoms with E-state index in [4.69, 9.17) is 0 Å². The Morgan fingerprint density at radius 3 is 2.20 bits per heavy atom. The zero-order valence-electron chi connectivity index (χ0n) is 13.3. The number of aliphatic carboxylic acids is 1. The van der Waals surface area contributed by atoms with Crippen LogP contribution in [0.3, 0.4) is 0 Å². The van der Waals surface area contributed by atoms with Gasteiger partial charge in [0, 0.05) is 38.8 Å². The maximum Gasteiger partial charge on any atom is 0.310 e. The molecule has 1 aliphatic heterocycles. The van der Waals surface area contributed by atoms with Crippen LogP contribution < -0.4 is 0 Å². The van der Waals surface area contributed by atoms with E-state index >= 15 is 0 Å². The molecule has 1 saturated heterocycles. The minimum atomic E-state index is -0.573. The summed E-state index contributed by atoms with van der Waals surface area (Å²) in [5.74, 6) is 0.121. The summed E-state index contributed by atoms with van der Waals surface area (Å²) in [5, 5.41) is 9.71. The minimum absolute atomic E-state index is 0.480. The van der Waals surface area contributed by atoms with Gasteiger partial charge in [-0.2, -0.15) is 0 Å². The molecule has 0 aromatic rings. The topological polar surface area (TPSA) is 43.8 Å². The average Bonchev–Trinajstić information content (AvgIpc) is 2.42. The second kappa shape index (κ2) is 6.44. The van der Waals surface area contributed by atoms with Crippen molar-refractivity contribution in [1.82, 2.24) is 9.80 Å². The van der Waals surface area contributed by atoms with Crippen LogP contribution in [0, 0.1) is 11.3 Å². The molecule has 4 nitrogen and oxygen atoms in total. The van der Waals surface area contributed by atoms with Crippen LogP contribution in [0.1, 0.15) is 46.5 Å². The normalized spacial score (nSPS) is 33.5. The van der Waals surface area contributed by atoms with Crippen molar-refractivity contribution >= 4 is 5.97 Å². The fourth-order valence-corrected chi connectivity index (χ4v) is 3.62. The van der Waals surface area contributed by atoms with Crippen molar-refractivity contribution in [3.8, 4) is 0 Å². The van der Waals surface area contributed by atoms with Crippen LogP contribution in [0.4, 0.5) is 0 Å². The quantitative estimate of drug-likeness (QED) is 0.859. The third-order valence-corrected chi connectivity index (χ3v) is 5.35. The van der Waals surface area contributed by atoms with Crippen LogP contribution in [-0.4, -0.2) is 59.6 Å². The predicted octanol–water partition coefficient (Wildman–Crippen LogP) is 2.29. The van der Waals surface area contributed by atoms with Crippen LogP contribution in [0.2, 0.25) is 0 Å². The summed E-state index contributed by atoms with van der Waals surface area (Å²) in [7, 11) is 0. The van der Waals surface area contributed by atoms with Gasteiger partial charge in [0.05, 0.1) is 5.41 Å². The second-order valence-electron chi connectivity index (χ2n) is 7.17. The van der Waals surface area contributed by atoms with E-state index < -0.39 is 11.4 Å². The summed E-state index contributed by atoms with van der Waals surface area (Å²) in [6.45, 7) is 11.6. The molecule has 0 bridgehead atoms. The first-order valence-corrected chi connectivity index (χ1v) is 8.13. The van der Waals surface area contributed by atoms with E-state index in [1.165, 1.54) is 0 Å². The number of nitrogens with zero attached hydrogens (tertiary/aromatic N) is 2. The van der Waals surface area contributed by atoms with Crippen LogP contribution in [0.5, 0.6) is 0 Å². The molecular weight excluding hydrogens is 252 g/mol. The highest BCUT2D eigenvalue weighted by molar-refractivity contribution is 5.75. The first kappa shape index (κ1) is 15.8. The average molecular weight is 282 g/mol. The van der Waals surface area contributed by atoms with Crippen molar-refractivity contribution in [2.45, 2.75) is 52.5 Å². The summed E-state index contributed by atoms with van der Waals surface area (Å²) >= 11 is 0. The van der Waals surface area contributed by atoms with E-state index in [9.17, 15) is 9.90 Å². The Hall–Kier alpha value is -0.610. The Kier molecular flexibility index (Phi) is 5.08. The Bertz CT molecular complexity index is 327. The molecule has 1 heterocycles. The highest BCUT2D eigenvalue weighted by Gasteiger charge is 2.42. The highest BCUT2D eigenvalue weighted by atomic mass is 16.4. The molecule has 0 aromatic heterocycles. The Labute approximate surface area is 123 Å². The zero-order valence-corrected chi connectivity index (χ0v) is 13.3. The number of hydrogen-bond donors (Lipinski definition) is 1. The number of carboxylic acids is 1. The molecule has 2 fully saturated rings. The molecule has 1 aliphatic carbocycles. The van der Waals surface area contributed by atoms with Gasteiger partial charge < -0.3 is 5.11 Å². The largest absolute Gasteiger partial charge is 0.481 e. The standard InChI is InChI=1S/C16H30N2O2/c1-13(2)18-10-8-17(9-11-18)12-16(15(19)20)6-4-14(3)5-7-16/h13-14H,4-12H2,1-3H3,(H,19,20). The maximum atomic E-state index is 11.8. The predicted molar refractivity (Wildman–Crippen MR) is 80.8 cm³/mol. The van der Waals surface area contributed by atoms with Gasteiger partial charge in [0.25, 0.3) is 0 Å². The molecule has 116 valence electrons. The summed E-state index contributed by atoms with van der Waals surface area (Å²) in [5.41, 5.74) is -0.480. The van der Waals surface area contributed by atoms with Crippen molar-refractivity contribution in [3.63, 3.8) is 0 Å². The molecule has 4 heteroatoms. The van der Waals surface area contributed by atoms with Crippen molar-refractivity contribution in [1.29, 1.82) is 0 Å². The number of hydrogen-bond acceptors (Lipinski definition) is 3. The van der Waals surface area contributed by atoms with Gasteiger partial charge in [-0.15, -0.1) is 0 Å². The molecule has 0 spiro atoms. The lowest BCUT2D eigenvalue weighted by molar-refractivity contribution is -0.153. The van der Waals surface area contributed by atoms with Gasteiger partial charge in [-0.3, -0.25) is 14.6 Å². The smallest absolute Gasteiger partial charge is 0.310 e. The molecule has 0 unspecified atom stereocenters. The molecular formula is C16H30N2O2. The first-order chi connectivity index (χ1) is 9.43. The Balaban J connectivity index is 1.92. The molecule has 0 aromatic carbocycles. The number of carbonyl (C=O) groups is 1. The lowest BCUT2D eigenvalue weighted by atomic mass is 9.70. The fourth-order valence-electron chi connectivity index (χ4n) is 3.62. The summed E-state index contributed by atoms with van der Waals surface area (Å²) < 4.78 is 0. The van der Waals surface area contributed by atoms with Crippen LogP contribution in [0.25, 0.3) is 0 Å². The summed E-state index contributed by atoms with van der Waals surface area (Å²) in [6, 6.07) is 0.598. The van der Waals surface area contributed by atoms with Crippen LogP contribution >= 0.6 is 0 Å². The number of rotatable bonds is 4. The van der Waals surface area contributed by atoms with Crippen molar-refractivity contribution < 1.29 is 9.90 Å². The minimum Gasteiger partial charge on any atom is -0.481 e. The molecule has 2 aliphatic rings. The van der Waals surface area contributed by atoms with E-state index in [-0.39, 0.29) is 0 Å². The van der Waals surface area contributed by atoms with Crippen LogP contribution in [-0.2, 0) is 4.79 Å². The summed E-state index contributed by atoms with van der Waals surface area (Å²) in [4.78, 5) is 16.6. The SMILES string of the molecule is CC1CCC(CN2CCN(C(C)C)CC2)(C(=O)O)CC1. The third-order valence-electron chi connectivity index (χ3n) is 5.35. The zero-order chi connectivity index (χ0) is 14.8. The maximum absolute atomic E-state index is 11.8. The molecule has 2 rings (SSSR count). The number of piperazine rings is 1. The molecule has 0 amide bonds. The lowest BCUT2D eigenvalue weighted by Gasteiger charge is -2.43. The molecule has 0 radical (unpaired) electrons. The highest BCUT2D eigenvalue weighted by Crippen LogP contribution is 2.40. The second-order valence-corrected chi connectivity index (χ2v) is 7.17. The molecule has 1 saturated carbocycles. The van der Waals surface area contributed by atoms with Crippen molar-refractivity contribution in [2.75, 3.05) is 32.7 Å². The van der Waals surface area contributed by atoms with Crippen LogP contribution in [0.15, 0.2) is 0 Å². The van der Waals surface area contributed by atoms with E-state index in [0.717, 1.165) is 58.4 Å². The first-order valence-electron chi connectivity index (χ1n) is 8.13. The van der Waals surface area contributed by atoms with Gasteiger partial charge in [-0.25, -0.2) is 0 Å². The monoisotopic (exact) mass is 282 g/mol. The van der Waals surface area contributed by atoms with Gasteiger partial charge in [0.1, 0.15) is 0 Å². The van der Waals surface area contributed by atoms with Gasteiger partial charge in [0.2, 0.25) is 0 Å². The fraction of sp³-hybridized carbons (Fsp3) is 0.938. The lowest BCUT2D eigenvalue weighted by Crippen LogP contribution is -2.53. The molecule has 1 N–H and O–H groups in total. The van der Waals surface area contributed by atoms with E-state index in [1.54, 1.807) is 0 Å².